The van der Waals surface area contributed by atoms with Gasteiger partial charge in [0.2, 0.25) is 0 Å². The second-order valence-corrected chi connectivity index (χ2v) is 4.61. The molecule has 1 aliphatic rings. The molecule has 0 fully saturated rings. The number of fused-ring (bicyclic) bond motifs is 3. The topological polar surface area (TPSA) is 60.7 Å². The number of phenols is 1. The first kappa shape index (κ1) is 11.9. The van der Waals surface area contributed by atoms with E-state index in [1.165, 1.54) is 7.11 Å². The van der Waals surface area contributed by atoms with E-state index in [0.717, 1.165) is 25.1 Å². The molecule has 2 heterocycles. The van der Waals surface area contributed by atoms with Crippen LogP contribution in [-0.4, -0.2) is 23.9 Å². The minimum atomic E-state index is -0.196. The number of benzene rings is 1. The molecule has 0 saturated carbocycles. The predicted octanol–water partition coefficient (Wildman–Crippen LogP) is 1.67. The highest BCUT2D eigenvalue weighted by Gasteiger charge is 2.22. The summed E-state index contributed by atoms with van der Waals surface area (Å²) in [6.45, 7) is 0.828. The molecule has 3 rings (SSSR count). The highest BCUT2D eigenvalue weighted by atomic mass is 16.5. The SMILES string of the molecule is COc1cc(OC)c2c(c1O)c(=O)cc1n2CCC1. The van der Waals surface area contributed by atoms with E-state index in [4.69, 9.17) is 9.47 Å². The minimum absolute atomic E-state index is 0.120. The van der Waals surface area contributed by atoms with Gasteiger partial charge in [-0.05, 0) is 12.8 Å². The summed E-state index contributed by atoms with van der Waals surface area (Å²) in [4.78, 5) is 12.2. The molecule has 5 nitrogen and oxygen atoms in total. The number of hydrogen-bond donors (Lipinski definition) is 1. The van der Waals surface area contributed by atoms with E-state index < -0.39 is 0 Å². The second-order valence-electron chi connectivity index (χ2n) is 4.61. The molecule has 0 bridgehead atoms. The molecule has 2 aromatic rings. The lowest BCUT2D eigenvalue weighted by molar-refractivity contribution is 0.368. The number of aryl methyl sites for hydroxylation is 2. The van der Waals surface area contributed by atoms with Crippen LogP contribution in [0, 0.1) is 0 Å². The van der Waals surface area contributed by atoms with E-state index >= 15 is 0 Å². The first-order chi connectivity index (χ1) is 9.17. The van der Waals surface area contributed by atoms with Crippen LogP contribution in [0.2, 0.25) is 0 Å². The maximum atomic E-state index is 12.2. The molecule has 0 saturated heterocycles. The van der Waals surface area contributed by atoms with Crippen molar-refractivity contribution in [1.82, 2.24) is 4.57 Å². The van der Waals surface area contributed by atoms with E-state index in [1.54, 1.807) is 19.2 Å². The maximum Gasteiger partial charge on any atom is 0.193 e. The lowest BCUT2D eigenvalue weighted by Crippen LogP contribution is -2.11. The fourth-order valence-corrected chi connectivity index (χ4v) is 2.75. The van der Waals surface area contributed by atoms with Crippen LogP contribution in [0.15, 0.2) is 16.9 Å². The molecular formula is C14H15NO4. The largest absolute Gasteiger partial charge is 0.504 e. The molecule has 1 aromatic heterocycles. The van der Waals surface area contributed by atoms with Gasteiger partial charge >= 0.3 is 0 Å². The number of aromatic nitrogens is 1. The van der Waals surface area contributed by atoms with E-state index in [1.807, 2.05) is 4.57 Å². The van der Waals surface area contributed by atoms with Crippen molar-refractivity contribution in [2.24, 2.45) is 0 Å². The Bertz CT molecular complexity index is 718. The molecule has 1 N–H and O–H groups in total. The van der Waals surface area contributed by atoms with Crippen molar-refractivity contribution in [3.63, 3.8) is 0 Å². The highest BCUT2D eigenvalue weighted by molar-refractivity contribution is 5.93. The van der Waals surface area contributed by atoms with E-state index in [0.29, 0.717) is 11.3 Å². The first-order valence-corrected chi connectivity index (χ1v) is 6.17. The van der Waals surface area contributed by atoms with Crippen LogP contribution in [0.5, 0.6) is 17.2 Å². The Balaban J connectivity index is 2.53. The average Bonchev–Trinajstić information content (AvgIpc) is 2.86. The van der Waals surface area contributed by atoms with Gasteiger partial charge in [0.25, 0.3) is 0 Å². The average molecular weight is 261 g/mol. The standard InChI is InChI=1S/C14H15NO4/c1-18-10-7-11(19-2)14(17)12-9(16)6-8-4-3-5-15(8)13(10)12/h6-7,17H,3-5H2,1-2H3. The third-order valence-electron chi connectivity index (χ3n) is 3.62. The molecule has 0 atom stereocenters. The number of aromatic hydroxyl groups is 1. The molecule has 0 radical (unpaired) electrons. The third-order valence-corrected chi connectivity index (χ3v) is 3.62. The summed E-state index contributed by atoms with van der Waals surface area (Å²) in [5.41, 5.74) is 1.44. The van der Waals surface area contributed by atoms with Crippen molar-refractivity contribution in [2.45, 2.75) is 19.4 Å². The Labute approximate surface area is 110 Å². The Hall–Kier alpha value is -2.17. The van der Waals surface area contributed by atoms with Crippen molar-refractivity contribution in [3.05, 3.63) is 28.0 Å². The predicted molar refractivity (Wildman–Crippen MR) is 71.3 cm³/mol. The highest BCUT2D eigenvalue weighted by Crippen LogP contribution is 2.40. The van der Waals surface area contributed by atoms with Gasteiger partial charge in [-0.3, -0.25) is 4.79 Å². The van der Waals surface area contributed by atoms with Crippen molar-refractivity contribution >= 4 is 10.9 Å². The van der Waals surface area contributed by atoms with Gasteiger partial charge in [-0.2, -0.15) is 0 Å². The number of ether oxygens (including phenoxy) is 2. The Morgan fingerprint density at radius 1 is 1.21 bits per heavy atom. The number of hydrogen-bond acceptors (Lipinski definition) is 4. The van der Waals surface area contributed by atoms with Gasteiger partial charge in [0.05, 0.1) is 25.1 Å². The summed E-state index contributed by atoms with van der Waals surface area (Å²) in [6.07, 6.45) is 1.87. The fourth-order valence-electron chi connectivity index (χ4n) is 2.75. The number of rotatable bonds is 2. The van der Waals surface area contributed by atoms with Crippen LogP contribution in [0.25, 0.3) is 10.9 Å². The summed E-state index contributed by atoms with van der Waals surface area (Å²) in [5.74, 6) is 0.677. The van der Waals surface area contributed by atoms with Gasteiger partial charge in [0.15, 0.2) is 16.9 Å². The van der Waals surface area contributed by atoms with Crippen LogP contribution in [-0.2, 0) is 13.0 Å². The number of nitrogens with zero attached hydrogens (tertiary/aromatic N) is 1. The number of pyridine rings is 1. The van der Waals surface area contributed by atoms with Gasteiger partial charge in [-0.1, -0.05) is 0 Å². The first-order valence-electron chi connectivity index (χ1n) is 6.17. The molecular weight excluding hydrogens is 246 g/mol. The van der Waals surface area contributed by atoms with Gasteiger partial charge in [-0.15, -0.1) is 0 Å². The lowest BCUT2D eigenvalue weighted by Gasteiger charge is -2.15. The Morgan fingerprint density at radius 2 is 1.95 bits per heavy atom. The van der Waals surface area contributed by atoms with Gasteiger partial charge < -0.3 is 19.1 Å². The normalized spacial score (nSPS) is 13.6. The van der Waals surface area contributed by atoms with Crippen LogP contribution >= 0.6 is 0 Å². The number of phenolic OH excluding ortho intramolecular Hbond substituents is 1. The molecule has 5 heteroatoms. The molecule has 100 valence electrons. The maximum absolute atomic E-state index is 12.2. The van der Waals surface area contributed by atoms with Crippen LogP contribution in [0.3, 0.4) is 0 Å². The Kier molecular flexibility index (Phi) is 2.62. The van der Waals surface area contributed by atoms with Gasteiger partial charge in [-0.25, -0.2) is 0 Å². The molecule has 0 aliphatic carbocycles. The summed E-state index contributed by atoms with van der Waals surface area (Å²) in [7, 11) is 3.00. The van der Waals surface area contributed by atoms with Gasteiger partial charge in [0.1, 0.15) is 5.75 Å². The third kappa shape index (κ3) is 1.58. The van der Waals surface area contributed by atoms with Crippen molar-refractivity contribution in [2.75, 3.05) is 14.2 Å². The van der Waals surface area contributed by atoms with Gasteiger partial charge in [0, 0.05) is 24.4 Å². The second kappa shape index (κ2) is 4.19. The fraction of sp³-hybridized carbons (Fsp3) is 0.357. The molecule has 0 spiro atoms. The van der Waals surface area contributed by atoms with Crippen LogP contribution < -0.4 is 14.9 Å². The molecule has 1 aromatic carbocycles. The quantitative estimate of drug-likeness (QED) is 0.893. The summed E-state index contributed by atoms with van der Waals surface area (Å²) >= 11 is 0. The monoisotopic (exact) mass is 261 g/mol. The van der Waals surface area contributed by atoms with E-state index in [9.17, 15) is 9.90 Å². The molecule has 19 heavy (non-hydrogen) atoms. The minimum Gasteiger partial charge on any atom is -0.504 e. The van der Waals surface area contributed by atoms with Crippen molar-refractivity contribution in [1.29, 1.82) is 0 Å². The zero-order valence-electron chi connectivity index (χ0n) is 10.9. The Morgan fingerprint density at radius 3 is 2.63 bits per heavy atom. The van der Waals surface area contributed by atoms with Crippen LogP contribution in [0.4, 0.5) is 0 Å². The smallest absolute Gasteiger partial charge is 0.193 e. The summed E-state index contributed by atoms with van der Waals surface area (Å²) in [6, 6.07) is 3.20. The summed E-state index contributed by atoms with van der Waals surface area (Å²) in [5, 5.41) is 10.5. The molecule has 0 amide bonds. The molecule has 0 unspecified atom stereocenters. The zero-order valence-corrected chi connectivity index (χ0v) is 10.9. The molecule has 1 aliphatic heterocycles. The van der Waals surface area contributed by atoms with E-state index in [-0.39, 0.29) is 22.3 Å². The van der Waals surface area contributed by atoms with Crippen molar-refractivity contribution in [3.8, 4) is 17.2 Å². The van der Waals surface area contributed by atoms with E-state index in [2.05, 4.69) is 0 Å². The lowest BCUT2D eigenvalue weighted by atomic mass is 10.1. The van der Waals surface area contributed by atoms with Crippen LogP contribution in [0.1, 0.15) is 12.1 Å². The summed E-state index contributed by atoms with van der Waals surface area (Å²) < 4.78 is 12.5. The van der Waals surface area contributed by atoms with Crippen molar-refractivity contribution < 1.29 is 14.6 Å². The number of methoxy groups -OCH3 is 2. The zero-order chi connectivity index (χ0) is 13.6.